The summed E-state index contributed by atoms with van der Waals surface area (Å²) in [7, 11) is 0. The molecule has 2 aromatic rings. The minimum Gasteiger partial charge on any atom is -0.362 e. The highest BCUT2D eigenvalue weighted by Gasteiger charge is 2.15. The first-order valence-electron chi connectivity index (χ1n) is 5.58. The number of nitriles is 2. The summed E-state index contributed by atoms with van der Waals surface area (Å²) in [5.41, 5.74) is 1.37. The Labute approximate surface area is 110 Å². The predicted molar refractivity (Wildman–Crippen MR) is 67.8 cm³/mol. The first-order chi connectivity index (χ1) is 9.24. The van der Waals surface area contributed by atoms with E-state index in [2.05, 4.69) is 10.3 Å². The second-order valence-electron chi connectivity index (χ2n) is 3.85. The number of carbonyl (C=O) groups excluding carboxylic acids is 1. The van der Waals surface area contributed by atoms with Crippen LogP contribution in [-0.2, 0) is 0 Å². The summed E-state index contributed by atoms with van der Waals surface area (Å²) in [6.07, 6.45) is 1.68. The predicted octanol–water partition coefficient (Wildman–Crippen LogP) is 1.88. The third-order valence-corrected chi connectivity index (χ3v) is 2.59. The highest BCUT2D eigenvalue weighted by atomic mass is 16.1. The Balaban J connectivity index is 2.17. The molecule has 5 heteroatoms. The van der Waals surface area contributed by atoms with Gasteiger partial charge in [0.25, 0.3) is 5.91 Å². The Hall–Kier alpha value is -3.05. The minimum atomic E-state index is -0.742. The molecule has 92 valence electrons. The topological polar surface area (TPSA) is 92.5 Å². The molecule has 1 aromatic heterocycles. The van der Waals surface area contributed by atoms with Crippen LogP contribution in [0.2, 0.25) is 0 Å². The summed E-state index contributed by atoms with van der Waals surface area (Å²) >= 11 is 0. The van der Waals surface area contributed by atoms with E-state index in [0.717, 1.165) is 0 Å². The van der Waals surface area contributed by atoms with Gasteiger partial charge in [-0.05, 0) is 30.3 Å². The van der Waals surface area contributed by atoms with Crippen LogP contribution in [0.15, 0.2) is 42.6 Å². The molecule has 2 rings (SSSR count). The van der Waals surface area contributed by atoms with E-state index in [4.69, 9.17) is 10.5 Å². The van der Waals surface area contributed by atoms with Crippen LogP contribution >= 0.6 is 0 Å². The van der Waals surface area contributed by atoms with E-state index in [1.807, 2.05) is 12.1 Å². The molecule has 0 aliphatic rings. The molecule has 0 fully saturated rings. The van der Waals surface area contributed by atoms with Gasteiger partial charge in [0, 0.05) is 11.8 Å². The van der Waals surface area contributed by atoms with Crippen molar-refractivity contribution in [2.45, 2.75) is 6.04 Å². The van der Waals surface area contributed by atoms with Gasteiger partial charge in [0.15, 0.2) is 6.04 Å². The molecule has 0 aliphatic heterocycles. The van der Waals surface area contributed by atoms with Gasteiger partial charge in [0.2, 0.25) is 0 Å². The Morgan fingerprint density at radius 1 is 1.26 bits per heavy atom. The van der Waals surface area contributed by atoms with Crippen LogP contribution in [0.25, 0.3) is 0 Å². The van der Waals surface area contributed by atoms with E-state index in [0.29, 0.717) is 16.8 Å². The zero-order chi connectivity index (χ0) is 13.7. The number of aromatic nitrogens is 1. The molecule has 1 atom stereocenters. The average molecular weight is 250 g/mol. The van der Waals surface area contributed by atoms with Crippen molar-refractivity contribution in [3.63, 3.8) is 0 Å². The van der Waals surface area contributed by atoms with Gasteiger partial charge in [-0.3, -0.25) is 4.79 Å². The number of nitrogens with zero attached hydrogens (tertiary/aromatic N) is 2. The lowest BCUT2D eigenvalue weighted by molar-refractivity contribution is 0.0944. The number of rotatable bonds is 3. The Morgan fingerprint density at radius 2 is 2.11 bits per heavy atom. The fourth-order valence-corrected chi connectivity index (χ4v) is 1.65. The molecule has 0 bridgehead atoms. The smallest absolute Gasteiger partial charge is 0.252 e. The fourth-order valence-electron chi connectivity index (χ4n) is 1.65. The van der Waals surface area contributed by atoms with Crippen LogP contribution in [0, 0.1) is 22.7 Å². The van der Waals surface area contributed by atoms with Gasteiger partial charge in [-0.15, -0.1) is 0 Å². The quantitative estimate of drug-likeness (QED) is 0.871. The standard InChI is InChI=1S/C14H10N4O/c15-8-10-3-1-4-11(7-10)14(19)18-13(9-16)12-5-2-6-17-12/h1-7,13,17H,(H,18,19). The third kappa shape index (κ3) is 2.80. The average Bonchev–Trinajstić information content (AvgIpc) is 2.98. The monoisotopic (exact) mass is 250 g/mol. The second-order valence-corrected chi connectivity index (χ2v) is 3.85. The summed E-state index contributed by atoms with van der Waals surface area (Å²) in [6.45, 7) is 0. The molecule has 0 saturated carbocycles. The van der Waals surface area contributed by atoms with Crippen molar-refractivity contribution in [2.75, 3.05) is 0 Å². The number of hydrogen-bond acceptors (Lipinski definition) is 3. The third-order valence-electron chi connectivity index (χ3n) is 2.59. The van der Waals surface area contributed by atoms with Crippen molar-refractivity contribution in [2.24, 2.45) is 0 Å². The highest BCUT2D eigenvalue weighted by molar-refractivity contribution is 5.94. The summed E-state index contributed by atoms with van der Waals surface area (Å²) in [4.78, 5) is 14.9. The number of H-pyrrole nitrogens is 1. The van der Waals surface area contributed by atoms with Crippen molar-refractivity contribution in [3.05, 3.63) is 59.4 Å². The van der Waals surface area contributed by atoms with E-state index >= 15 is 0 Å². The van der Waals surface area contributed by atoms with Gasteiger partial charge in [0.05, 0.1) is 23.4 Å². The summed E-state index contributed by atoms with van der Waals surface area (Å²) in [5.74, 6) is -0.391. The van der Waals surface area contributed by atoms with Crippen LogP contribution < -0.4 is 5.32 Å². The highest BCUT2D eigenvalue weighted by Crippen LogP contribution is 2.11. The van der Waals surface area contributed by atoms with Gasteiger partial charge >= 0.3 is 0 Å². The maximum Gasteiger partial charge on any atom is 0.252 e. The fraction of sp³-hybridized carbons (Fsp3) is 0.0714. The molecule has 1 aromatic carbocycles. The summed E-state index contributed by atoms with van der Waals surface area (Å²) in [6, 6.07) is 13.0. The van der Waals surface area contributed by atoms with Gasteiger partial charge in [-0.1, -0.05) is 6.07 Å². The van der Waals surface area contributed by atoms with Crippen molar-refractivity contribution >= 4 is 5.91 Å². The lowest BCUT2D eigenvalue weighted by Crippen LogP contribution is -2.27. The molecule has 0 radical (unpaired) electrons. The normalized spacial score (nSPS) is 11.1. The number of carbonyl (C=O) groups is 1. The Morgan fingerprint density at radius 3 is 2.74 bits per heavy atom. The van der Waals surface area contributed by atoms with Crippen LogP contribution in [0.3, 0.4) is 0 Å². The molecule has 0 spiro atoms. The largest absolute Gasteiger partial charge is 0.362 e. The molecular weight excluding hydrogens is 240 g/mol. The number of nitrogens with one attached hydrogen (secondary N) is 2. The van der Waals surface area contributed by atoms with E-state index < -0.39 is 11.9 Å². The SMILES string of the molecule is N#Cc1cccc(C(=O)NC(C#N)c2ccc[nH]2)c1. The number of amides is 1. The maximum absolute atomic E-state index is 12.0. The van der Waals surface area contributed by atoms with Gasteiger partial charge < -0.3 is 10.3 Å². The molecule has 2 N–H and O–H groups in total. The first-order valence-corrected chi connectivity index (χ1v) is 5.58. The number of benzene rings is 1. The van der Waals surface area contributed by atoms with E-state index in [1.165, 1.54) is 6.07 Å². The maximum atomic E-state index is 12.0. The van der Waals surface area contributed by atoms with Gasteiger partial charge in [0.1, 0.15) is 0 Å². The summed E-state index contributed by atoms with van der Waals surface area (Å²) < 4.78 is 0. The lowest BCUT2D eigenvalue weighted by atomic mass is 10.1. The van der Waals surface area contributed by atoms with Gasteiger partial charge in [-0.25, -0.2) is 0 Å². The van der Waals surface area contributed by atoms with Crippen molar-refractivity contribution in [1.29, 1.82) is 10.5 Å². The molecule has 1 unspecified atom stereocenters. The Bertz CT molecular complexity index is 661. The molecule has 0 saturated heterocycles. The first kappa shape index (κ1) is 12.4. The molecular formula is C14H10N4O. The molecule has 1 amide bonds. The van der Waals surface area contributed by atoms with Crippen molar-refractivity contribution in [3.8, 4) is 12.1 Å². The van der Waals surface area contributed by atoms with Crippen molar-refractivity contribution in [1.82, 2.24) is 10.3 Å². The van der Waals surface area contributed by atoms with Crippen LogP contribution in [0.1, 0.15) is 27.7 Å². The molecule has 19 heavy (non-hydrogen) atoms. The van der Waals surface area contributed by atoms with Crippen LogP contribution in [0.5, 0.6) is 0 Å². The number of aromatic amines is 1. The van der Waals surface area contributed by atoms with E-state index in [-0.39, 0.29) is 0 Å². The van der Waals surface area contributed by atoms with Crippen LogP contribution in [-0.4, -0.2) is 10.9 Å². The molecule has 5 nitrogen and oxygen atoms in total. The lowest BCUT2D eigenvalue weighted by Gasteiger charge is -2.10. The minimum absolute atomic E-state index is 0.353. The summed E-state index contributed by atoms with van der Waals surface area (Å²) in [5, 5.41) is 20.4. The van der Waals surface area contributed by atoms with Gasteiger partial charge in [-0.2, -0.15) is 10.5 Å². The van der Waals surface area contributed by atoms with E-state index in [9.17, 15) is 4.79 Å². The number of hydrogen-bond donors (Lipinski definition) is 2. The van der Waals surface area contributed by atoms with Crippen molar-refractivity contribution < 1.29 is 4.79 Å². The molecule has 0 aliphatic carbocycles. The zero-order valence-corrected chi connectivity index (χ0v) is 9.92. The van der Waals surface area contributed by atoms with Crippen LogP contribution in [0.4, 0.5) is 0 Å². The Kier molecular flexibility index (Phi) is 3.61. The molecule has 1 heterocycles. The second kappa shape index (κ2) is 5.52. The zero-order valence-electron chi connectivity index (χ0n) is 9.92. The van der Waals surface area contributed by atoms with E-state index in [1.54, 1.807) is 36.5 Å².